The van der Waals surface area contributed by atoms with Crippen molar-refractivity contribution < 1.29 is 9.47 Å². The van der Waals surface area contributed by atoms with E-state index in [1.165, 1.54) is 19.4 Å². The van der Waals surface area contributed by atoms with Crippen LogP contribution in [0.5, 0.6) is 0 Å². The molecule has 0 aromatic rings. The Balaban J connectivity index is 1.74. The van der Waals surface area contributed by atoms with E-state index in [1.54, 1.807) is 0 Å². The average molecular weight is 211 g/mol. The summed E-state index contributed by atoms with van der Waals surface area (Å²) in [6, 6.07) is 0. The zero-order valence-electron chi connectivity index (χ0n) is 9.63. The quantitative estimate of drug-likeness (QED) is 0.645. The Labute approximate surface area is 92.0 Å². The molecule has 0 amide bonds. The van der Waals surface area contributed by atoms with Crippen molar-refractivity contribution in [2.24, 2.45) is 5.41 Å². The van der Waals surface area contributed by atoms with Crippen molar-refractivity contribution in [3.05, 3.63) is 12.3 Å². The highest BCUT2D eigenvalue weighted by molar-refractivity contribution is 4.97. The van der Waals surface area contributed by atoms with Crippen LogP contribution in [0.25, 0.3) is 0 Å². The maximum atomic E-state index is 5.56. The second-order valence-electron chi connectivity index (χ2n) is 4.88. The molecule has 0 N–H and O–H groups in total. The van der Waals surface area contributed by atoms with E-state index in [1.807, 2.05) is 6.92 Å². The van der Waals surface area contributed by atoms with Gasteiger partial charge >= 0.3 is 0 Å². The molecule has 0 bridgehead atoms. The summed E-state index contributed by atoms with van der Waals surface area (Å²) in [6.07, 6.45) is 2.61. The van der Waals surface area contributed by atoms with Gasteiger partial charge in [-0.25, -0.2) is 0 Å². The van der Waals surface area contributed by atoms with Gasteiger partial charge in [-0.05, 0) is 19.8 Å². The van der Waals surface area contributed by atoms with Crippen LogP contribution in [-0.4, -0.2) is 44.4 Å². The molecule has 15 heavy (non-hydrogen) atoms. The van der Waals surface area contributed by atoms with Crippen LogP contribution in [-0.2, 0) is 9.47 Å². The Morgan fingerprint density at radius 3 is 2.60 bits per heavy atom. The fourth-order valence-corrected chi connectivity index (χ4v) is 2.03. The lowest BCUT2D eigenvalue weighted by Gasteiger charge is -2.30. The van der Waals surface area contributed by atoms with E-state index in [2.05, 4.69) is 11.5 Å². The first-order valence-corrected chi connectivity index (χ1v) is 5.79. The molecular weight excluding hydrogens is 190 g/mol. The van der Waals surface area contributed by atoms with Crippen molar-refractivity contribution in [1.82, 2.24) is 4.90 Å². The number of hydrogen-bond acceptors (Lipinski definition) is 3. The molecule has 0 unspecified atom stereocenters. The van der Waals surface area contributed by atoms with Gasteiger partial charge in [-0.2, -0.15) is 0 Å². The summed E-state index contributed by atoms with van der Waals surface area (Å²) < 4.78 is 10.9. The summed E-state index contributed by atoms with van der Waals surface area (Å²) in [4.78, 5) is 2.50. The van der Waals surface area contributed by atoms with Crippen LogP contribution in [0, 0.1) is 5.41 Å². The van der Waals surface area contributed by atoms with Gasteiger partial charge in [0, 0.05) is 25.0 Å². The third-order valence-corrected chi connectivity index (χ3v) is 3.24. The Bertz CT molecular complexity index is 230. The monoisotopic (exact) mass is 211 g/mol. The van der Waals surface area contributed by atoms with Crippen molar-refractivity contribution in [3.63, 3.8) is 0 Å². The van der Waals surface area contributed by atoms with Crippen LogP contribution in [0.1, 0.15) is 19.8 Å². The minimum atomic E-state index is 0.427. The van der Waals surface area contributed by atoms with E-state index in [0.29, 0.717) is 5.41 Å². The van der Waals surface area contributed by atoms with Crippen LogP contribution in [0.3, 0.4) is 0 Å². The Morgan fingerprint density at radius 1 is 1.40 bits per heavy atom. The van der Waals surface area contributed by atoms with Crippen molar-refractivity contribution in [2.45, 2.75) is 19.8 Å². The fraction of sp³-hybridized carbons (Fsp3) is 0.833. The average Bonchev–Trinajstić information content (AvgIpc) is 2.97. The molecule has 3 heteroatoms. The molecule has 1 heterocycles. The van der Waals surface area contributed by atoms with Gasteiger partial charge in [-0.1, -0.05) is 6.58 Å². The van der Waals surface area contributed by atoms with E-state index in [9.17, 15) is 0 Å². The summed E-state index contributed by atoms with van der Waals surface area (Å²) in [7, 11) is 0. The van der Waals surface area contributed by atoms with Gasteiger partial charge in [0.2, 0.25) is 0 Å². The lowest BCUT2D eigenvalue weighted by atomic mass is 10.1. The second-order valence-corrected chi connectivity index (χ2v) is 4.88. The van der Waals surface area contributed by atoms with E-state index < -0.39 is 0 Å². The molecule has 0 aromatic heterocycles. The fourth-order valence-electron chi connectivity index (χ4n) is 2.03. The Hall–Kier alpha value is -0.540. The van der Waals surface area contributed by atoms with Gasteiger partial charge in [0.05, 0.1) is 25.6 Å². The second kappa shape index (κ2) is 4.54. The van der Waals surface area contributed by atoms with Crippen molar-refractivity contribution in [2.75, 3.05) is 39.5 Å². The number of rotatable bonds is 5. The topological polar surface area (TPSA) is 21.7 Å². The SMILES string of the molecule is C=C(C)OCC1(CN2CCOCC2)CC1. The first kappa shape index (κ1) is 11.0. The van der Waals surface area contributed by atoms with E-state index in [0.717, 1.165) is 38.7 Å². The lowest BCUT2D eigenvalue weighted by Crippen LogP contribution is -2.40. The summed E-state index contributed by atoms with van der Waals surface area (Å²) in [5, 5.41) is 0. The number of ether oxygens (including phenoxy) is 2. The lowest BCUT2D eigenvalue weighted by molar-refractivity contribution is 0.0196. The summed E-state index contributed by atoms with van der Waals surface area (Å²) in [5.41, 5.74) is 0.427. The van der Waals surface area contributed by atoms with E-state index in [4.69, 9.17) is 9.47 Å². The standard InChI is InChI=1S/C12H21NO2/c1-11(2)15-10-12(3-4-12)9-13-5-7-14-8-6-13/h1,3-10H2,2H3. The maximum absolute atomic E-state index is 5.56. The summed E-state index contributed by atoms with van der Waals surface area (Å²) in [5.74, 6) is 0.836. The van der Waals surface area contributed by atoms with Crippen molar-refractivity contribution >= 4 is 0 Å². The largest absolute Gasteiger partial charge is 0.498 e. The molecule has 1 saturated heterocycles. The molecule has 0 atom stereocenters. The minimum Gasteiger partial charge on any atom is -0.498 e. The molecule has 1 saturated carbocycles. The molecule has 2 aliphatic rings. The first-order chi connectivity index (χ1) is 7.20. The molecule has 1 aliphatic heterocycles. The van der Waals surface area contributed by atoms with E-state index >= 15 is 0 Å². The molecular formula is C12H21NO2. The molecule has 0 aromatic carbocycles. The molecule has 0 radical (unpaired) electrons. The third kappa shape index (κ3) is 3.21. The highest BCUT2D eigenvalue weighted by Gasteiger charge is 2.44. The Kier molecular flexibility index (Phi) is 3.32. The maximum Gasteiger partial charge on any atom is 0.0945 e. The summed E-state index contributed by atoms with van der Waals surface area (Å²) in [6.45, 7) is 11.6. The molecule has 1 aliphatic carbocycles. The molecule has 3 nitrogen and oxygen atoms in total. The van der Waals surface area contributed by atoms with Gasteiger partial charge in [0.15, 0.2) is 0 Å². The Morgan fingerprint density at radius 2 is 2.07 bits per heavy atom. The zero-order chi connectivity index (χ0) is 10.7. The van der Waals surface area contributed by atoms with Crippen LogP contribution < -0.4 is 0 Å². The number of hydrogen-bond donors (Lipinski definition) is 0. The van der Waals surface area contributed by atoms with Crippen molar-refractivity contribution in [3.8, 4) is 0 Å². The van der Waals surface area contributed by atoms with Crippen LogP contribution in [0.4, 0.5) is 0 Å². The smallest absolute Gasteiger partial charge is 0.0945 e. The van der Waals surface area contributed by atoms with Crippen LogP contribution in [0.2, 0.25) is 0 Å². The number of nitrogens with zero attached hydrogens (tertiary/aromatic N) is 1. The van der Waals surface area contributed by atoms with Gasteiger partial charge in [0.1, 0.15) is 0 Å². The normalized spacial score (nSPS) is 24.9. The first-order valence-electron chi connectivity index (χ1n) is 5.79. The van der Waals surface area contributed by atoms with E-state index in [-0.39, 0.29) is 0 Å². The molecule has 0 spiro atoms. The highest BCUT2D eigenvalue weighted by Crippen LogP contribution is 2.46. The van der Waals surface area contributed by atoms with Gasteiger partial charge in [0.25, 0.3) is 0 Å². The van der Waals surface area contributed by atoms with Crippen LogP contribution in [0.15, 0.2) is 12.3 Å². The third-order valence-electron chi connectivity index (χ3n) is 3.24. The molecule has 2 rings (SSSR count). The molecule has 86 valence electrons. The van der Waals surface area contributed by atoms with Gasteiger partial charge in [-0.3, -0.25) is 4.90 Å². The van der Waals surface area contributed by atoms with Gasteiger partial charge in [-0.15, -0.1) is 0 Å². The summed E-state index contributed by atoms with van der Waals surface area (Å²) >= 11 is 0. The zero-order valence-corrected chi connectivity index (χ0v) is 9.63. The predicted octanol–water partition coefficient (Wildman–Crippen LogP) is 1.65. The van der Waals surface area contributed by atoms with Crippen LogP contribution >= 0.6 is 0 Å². The minimum absolute atomic E-state index is 0.427. The van der Waals surface area contributed by atoms with Crippen molar-refractivity contribution in [1.29, 1.82) is 0 Å². The van der Waals surface area contributed by atoms with Gasteiger partial charge < -0.3 is 9.47 Å². The number of morpholine rings is 1. The molecule has 2 fully saturated rings. The predicted molar refractivity (Wildman–Crippen MR) is 59.7 cm³/mol. The highest BCUT2D eigenvalue weighted by atomic mass is 16.5. The number of allylic oxidation sites excluding steroid dienone is 1.